The summed E-state index contributed by atoms with van der Waals surface area (Å²) in [6.07, 6.45) is -0.887. The molecule has 0 aliphatic carbocycles. The largest absolute Gasteiger partial charge is 0.481 e. The molecular weight excluding hydrogens is 1180 g/mol. The number of hydrogen-bond acceptors (Lipinski definition) is 10. The van der Waals surface area contributed by atoms with Gasteiger partial charge < -0.3 is 34.6 Å². The lowest BCUT2D eigenvalue weighted by Crippen LogP contribution is -2.32. The van der Waals surface area contributed by atoms with Gasteiger partial charge in [-0.15, -0.1) is 11.8 Å². The van der Waals surface area contributed by atoms with E-state index < -0.39 is 31.2 Å². The van der Waals surface area contributed by atoms with E-state index in [9.17, 15) is 35.9 Å². The summed E-state index contributed by atoms with van der Waals surface area (Å²) < 4.78 is 84.8. The summed E-state index contributed by atoms with van der Waals surface area (Å²) in [6, 6.07) is 0. The van der Waals surface area contributed by atoms with Gasteiger partial charge in [0.2, 0.25) is 0 Å². The molecule has 0 radical (unpaired) electrons. The van der Waals surface area contributed by atoms with E-state index in [1.807, 2.05) is 53.4 Å². The van der Waals surface area contributed by atoms with Crippen LogP contribution in [0.1, 0.15) is 287 Å². The molecule has 1 saturated heterocycles. The Labute approximate surface area is 560 Å². The van der Waals surface area contributed by atoms with E-state index in [2.05, 4.69) is 183 Å². The Bertz CT molecular complexity index is 1470. The number of carbonyl (C=O) groups is 2. The smallest absolute Gasteiger partial charge is 0.389 e. The number of alkyl halides is 6. The molecule has 2 unspecified atom stereocenters. The molecule has 0 aromatic carbocycles. The number of aliphatic carboxylic acids is 1. The summed E-state index contributed by atoms with van der Waals surface area (Å²) in [6.45, 7) is 73.4. The maximum Gasteiger partial charge on any atom is 0.389 e. The second-order valence-corrected chi connectivity index (χ2v) is 33.2. The van der Waals surface area contributed by atoms with Crippen molar-refractivity contribution < 1.29 is 60.4 Å². The van der Waals surface area contributed by atoms with Crippen LogP contribution in [0.15, 0.2) is 0 Å². The summed E-state index contributed by atoms with van der Waals surface area (Å²) in [5.74, 6) is 5.53. The zero-order valence-electron chi connectivity index (χ0n) is 64.4. The summed E-state index contributed by atoms with van der Waals surface area (Å²) >= 11 is 3.60. The lowest BCUT2D eigenvalue weighted by atomic mass is 9.87. The number of likely N-dealkylation sites (tertiary alicyclic amines) is 1. The Hall–Kier alpha value is -0.980. The number of nitrogens with zero attached hydrogens (tertiary/aromatic N) is 1. The van der Waals surface area contributed by atoms with Gasteiger partial charge in [0.1, 0.15) is 0 Å². The van der Waals surface area contributed by atoms with Gasteiger partial charge >= 0.3 is 24.3 Å². The summed E-state index contributed by atoms with van der Waals surface area (Å²) in [5.41, 5.74) is 0.0357. The summed E-state index contributed by atoms with van der Waals surface area (Å²) in [7, 11) is 4.22. The van der Waals surface area contributed by atoms with Crippen LogP contribution in [0.3, 0.4) is 0 Å². The topological polar surface area (TPSA) is 118 Å². The van der Waals surface area contributed by atoms with Gasteiger partial charge in [0.25, 0.3) is 0 Å². The van der Waals surface area contributed by atoms with E-state index in [0.29, 0.717) is 46.9 Å². The second kappa shape index (κ2) is 60.7. The molecule has 89 heavy (non-hydrogen) atoms. The van der Waals surface area contributed by atoms with E-state index in [4.69, 9.17) is 24.4 Å². The number of nitrogens with one attached hydrogen (secondary N) is 1. The molecule has 0 saturated carbocycles. The fourth-order valence-electron chi connectivity index (χ4n) is 5.61. The van der Waals surface area contributed by atoms with Crippen LogP contribution in [0.2, 0.25) is 0 Å². The van der Waals surface area contributed by atoms with Crippen molar-refractivity contribution in [1.82, 2.24) is 10.2 Å². The van der Waals surface area contributed by atoms with Crippen molar-refractivity contribution in [3.8, 4) is 0 Å². The number of hydrogen-bond donors (Lipinski definition) is 3. The molecule has 3 N–H and O–H groups in total. The molecule has 1 aliphatic rings. The summed E-state index contributed by atoms with van der Waals surface area (Å²) in [4.78, 5) is 23.3. The van der Waals surface area contributed by atoms with Crippen LogP contribution in [0.4, 0.5) is 26.3 Å². The van der Waals surface area contributed by atoms with E-state index in [0.717, 1.165) is 36.8 Å². The van der Waals surface area contributed by atoms with Crippen molar-refractivity contribution in [2.45, 2.75) is 333 Å². The average molecular weight is 1340 g/mol. The standard InChI is InChI=1S/C10H20O2S.C9H19N.C9H20O.C8H18O.C7H17N.C7H16S.C6H11F3.C5H9F3.C5H10O2.C5H12O.CH4/c1-6-12-9(11)7-13-10(4,5)8(2)3;1-8(2)9-4-6-10(3)7-5-9;1-7(2)8(3)10-9(4,5)6;1-7(2)6-9-8(3,4)5;1-7(2)5-4-6-8-3;1-6(2)7(3,4)8-5;1-5(2)3-4-6(7,8)9;1-4(2)3-5(6,7)8;1-4(2)3-5(6)7;1-4(2)5(3)6;/h8H,6-7H2,1-5H3;8-9H,4-7H2,1-3H3;7-8H,1-6H3;7H,6H2,1-5H3;7-8H,4-6H2,1-3H3;6H,1-5H3;5H,3-4H2,1-2H3;4H,3H2,1-2H3;4H,3H2,1-2H3,(H,6,7);4-6H,1-3H3;1H4. The Morgan fingerprint density at radius 2 is 1.03 bits per heavy atom. The molecule has 0 spiro atoms. The first-order chi connectivity index (χ1) is 39.2. The molecule has 0 aromatic heterocycles. The Morgan fingerprint density at radius 3 is 1.20 bits per heavy atom. The van der Waals surface area contributed by atoms with Crippen LogP contribution >= 0.6 is 23.5 Å². The van der Waals surface area contributed by atoms with Crippen LogP contribution in [0.5, 0.6) is 0 Å². The quantitative estimate of drug-likeness (QED) is 0.0546. The number of ether oxygens (including phenoxy) is 3. The Kier molecular flexibility index (Phi) is 74.6. The fourth-order valence-corrected chi connectivity index (χ4v) is 6.99. The number of aliphatic hydroxyl groups excluding tert-OH is 1. The zero-order chi connectivity index (χ0) is 72.4. The molecule has 17 heteroatoms. The number of esters is 1. The van der Waals surface area contributed by atoms with Gasteiger partial charge in [0, 0.05) is 35.4 Å². The molecule has 0 bridgehead atoms. The van der Waals surface area contributed by atoms with Crippen LogP contribution in [0, 0.1) is 65.1 Å². The Morgan fingerprint density at radius 1 is 0.618 bits per heavy atom. The average Bonchev–Trinajstić information content (AvgIpc) is 3.33. The minimum Gasteiger partial charge on any atom is -0.481 e. The third-order valence-corrected chi connectivity index (χ3v) is 16.7. The van der Waals surface area contributed by atoms with Crippen LogP contribution in [-0.2, 0) is 23.8 Å². The highest BCUT2D eigenvalue weighted by Crippen LogP contribution is 2.32. The summed E-state index contributed by atoms with van der Waals surface area (Å²) in [5, 5.41) is 19.8. The minimum absolute atomic E-state index is 0. The van der Waals surface area contributed by atoms with Crippen molar-refractivity contribution in [3.05, 3.63) is 0 Å². The lowest BCUT2D eigenvalue weighted by molar-refractivity contribution is -0.142. The highest BCUT2D eigenvalue weighted by atomic mass is 32.2. The maximum absolute atomic E-state index is 11.4. The number of thioether (sulfide) groups is 2. The Balaban J connectivity index is -0.0000000979. The number of carbonyl (C=O) groups excluding carboxylic acids is 1. The van der Waals surface area contributed by atoms with Crippen LogP contribution < -0.4 is 5.32 Å². The number of carboxylic acid groups (broad SMARTS) is 1. The first-order valence-electron chi connectivity index (χ1n) is 33.2. The lowest BCUT2D eigenvalue weighted by Gasteiger charge is -2.31. The first kappa shape index (κ1) is 109. The molecule has 2 atom stereocenters. The molecule has 1 aliphatic heterocycles. The van der Waals surface area contributed by atoms with Crippen molar-refractivity contribution >= 4 is 35.5 Å². The predicted octanol–water partition coefficient (Wildman–Crippen LogP) is 22.8. The van der Waals surface area contributed by atoms with E-state index >= 15 is 0 Å². The van der Waals surface area contributed by atoms with Crippen molar-refractivity contribution in [3.63, 3.8) is 0 Å². The number of halogens is 6. The first-order valence-corrected chi connectivity index (χ1v) is 35.5. The van der Waals surface area contributed by atoms with Crippen molar-refractivity contribution in [2.75, 3.05) is 59.0 Å². The third kappa shape index (κ3) is 109. The number of carboxylic acids is 1. The predicted molar refractivity (Wildman–Crippen MR) is 385 cm³/mol. The molecule has 1 fully saturated rings. The van der Waals surface area contributed by atoms with Gasteiger partial charge in [0.15, 0.2) is 0 Å². The van der Waals surface area contributed by atoms with Gasteiger partial charge in [-0.2, -0.15) is 38.1 Å². The third-order valence-electron chi connectivity index (χ3n) is 13.6. The van der Waals surface area contributed by atoms with Gasteiger partial charge in [-0.3, -0.25) is 9.59 Å². The highest BCUT2D eigenvalue weighted by Gasteiger charge is 2.29. The van der Waals surface area contributed by atoms with Gasteiger partial charge in [-0.25, -0.2) is 0 Å². The van der Waals surface area contributed by atoms with Crippen LogP contribution in [0.25, 0.3) is 0 Å². The number of aliphatic hydroxyl groups is 1. The molecular formula is C72H156F6N2O7S2. The fraction of sp³-hybridized carbons (Fsp3) is 0.972. The van der Waals surface area contributed by atoms with Gasteiger partial charge in [-0.05, 0) is 200 Å². The van der Waals surface area contributed by atoms with E-state index in [-0.39, 0.29) is 66.0 Å². The van der Waals surface area contributed by atoms with Crippen molar-refractivity contribution in [2.24, 2.45) is 65.1 Å². The minimum atomic E-state index is -3.98. The molecule has 0 amide bonds. The molecule has 550 valence electrons. The van der Waals surface area contributed by atoms with E-state index in [1.165, 1.54) is 38.8 Å². The normalized spacial score (nSPS) is 13.8. The zero-order valence-corrected chi connectivity index (χ0v) is 66.0. The van der Waals surface area contributed by atoms with E-state index in [1.54, 1.807) is 46.4 Å². The van der Waals surface area contributed by atoms with Crippen molar-refractivity contribution in [1.29, 1.82) is 0 Å². The number of rotatable bonds is 22. The molecule has 0 aromatic rings. The maximum atomic E-state index is 11.4. The second-order valence-electron chi connectivity index (χ2n) is 30.1. The molecule has 1 heterocycles. The highest BCUT2D eigenvalue weighted by molar-refractivity contribution is 8.01. The van der Waals surface area contributed by atoms with Crippen LogP contribution in [-0.4, -0.2) is 131 Å². The van der Waals surface area contributed by atoms with Gasteiger partial charge in [0.05, 0.1) is 35.8 Å². The van der Waals surface area contributed by atoms with Gasteiger partial charge in [-0.1, -0.05) is 174 Å². The molecule has 9 nitrogen and oxygen atoms in total. The SMILES string of the molecule is C.CC(C)C(C)O.CC(C)C(C)OC(C)(C)C.CC(C)C1CCN(C)CC1.CC(C)CC(=O)O.CC(C)CC(F)(F)F.CC(C)CCC(F)(F)F.CC(C)COC(C)(C)C.CCOC(=O)CSC(C)(C)C(C)C.CNCCCC(C)C.CSC(C)(C)C(C)C. The number of piperidine rings is 1. The molecule has 1 rings (SSSR count). The monoisotopic (exact) mass is 1340 g/mol.